The van der Waals surface area contributed by atoms with Crippen LogP contribution in [0.1, 0.15) is 25.3 Å². The van der Waals surface area contributed by atoms with Crippen molar-refractivity contribution in [3.8, 4) is 0 Å². The average Bonchev–Trinajstić information content (AvgIpc) is 3.16. The summed E-state index contributed by atoms with van der Waals surface area (Å²) in [7, 11) is 3.11. The van der Waals surface area contributed by atoms with Crippen LogP contribution in [0.15, 0.2) is 30.3 Å². The van der Waals surface area contributed by atoms with Crippen LogP contribution >= 0.6 is 12.2 Å². The fraction of sp³-hybridized carbons (Fsp3) is 0.579. The summed E-state index contributed by atoms with van der Waals surface area (Å²) < 4.78 is 10.6. The maximum absolute atomic E-state index is 12.2. The van der Waals surface area contributed by atoms with Crippen LogP contribution in [0.4, 0.5) is 0 Å². The zero-order valence-corrected chi connectivity index (χ0v) is 16.0. The van der Waals surface area contributed by atoms with Gasteiger partial charge in [-0.25, -0.2) is 4.79 Å². The van der Waals surface area contributed by atoms with Gasteiger partial charge in [-0.15, -0.1) is 0 Å². The summed E-state index contributed by atoms with van der Waals surface area (Å²) in [6, 6.07) is 9.64. The lowest BCUT2D eigenvalue weighted by atomic mass is 9.95. The Hall–Kier alpha value is -1.50. The molecule has 0 aliphatic carbocycles. The number of esters is 1. The van der Waals surface area contributed by atoms with Crippen molar-refractivity contribution in [2.45, 2.75) is 44.4 Å². The van der Waals surface area contributed by atoms with Crippen molar-refractivity contribution in [3.63, 3.8) is 0 Å². The molecule has 5 nitrogen and oxygen atoms in total. The summed E-state index contributed by atoms with van der Waals surface area (Å²) in [5.41, 5.74) is 1.06. The van der Waals surface area contributed by atoms with E-state index in [2.05, 4.69) is 10.6 Å². The highest BCUT2D eigenvalue weighted by atomic mass is 32.1. The van der Waals surface area contributed by atoms with Crippen LogP contribution in [-0.4, -0.2) is 49.9 Å². The van der Waals surface area contributed by atoms with E-state index < -0.39 is 6.04 Å². The minimum Gasteiger partial charge on any atom is -0.467 e. The van der Waals surface area contributed by atoms with Gasteiger partial charge in [-0.05, 0) is 24.9 Å². The molecule has 138 valence electrons. The average molecular weight is 365 g/mol. The van der Waals surface area contributed by atoms with Gasteiger partial charge in [0.1, 0.15) is 6.04 Å². The molecular formula is C19H28N2O3S. The largest absolute Gasteiger partial charge is 0.467 e. The first-order valence-electron chi connectivity index (χ1n) is 8.75. The van der Waals surface area contributed by atoms with Gasteiger partial charge in [0, 0.05) is 25.5 Å². The predicted octanol–water partition coefficient (Wildman–Crippen LogP) is 2.09. The number of hydrogen-bond donors (Lipinski definition) is 2. The smallest absolute Gasteiger partial charge is 0.328 e. The lowest BCUT2D eigenvalue weighted by Crippen LogP contribution is -2.50. The quantitative estimate of drug-likeness (QED) is 0.544. The van der Waals surface area contributed by atoms with Gasteiger partial charge in [-0.3, -0.25) is 0 Å². The van der Waals surface area contributed by atoms with Crippen molar-refractivity contribution >= 4 is 23.2 Å². The normalized spacial score (nSPS) is 20.5. The Morgan fingerprint density at radius 3 is 2.64 bits per heavy atom. The highest BCUT2D eigenvalue weighted by molar-refractivity contribution is 7.80. The Labute approximate surface area is 155 Å². The molecule has 0 amide bonds. The number of rotatable bonds is 8. The molecule has 4 atom stereocenters. The van der Waals surface area contributed by atoms with Gasteiger partial charge < -0.3 is 20.1 Å². The summed E-state index contributed by atoms with van der Waals surface area (Å²) in [4.78, 5) is 12.8. The van der Waals surface area contributed by atoms with E-state index in [0.717, 1.165) is 24.9 Å². The second-order valence-electron chi connectivity index (χ2n) is 6.47. The summed E-state index contributed by atoms with van der Waals surface area (Å²) in [5, 5.41) is 6.67. The first-order valence-corrected chi connectivity index (χ1v) is 9.16. The summed E-state index contributed by atoms with van der Waals surface area (Å²) in [6.07, 6.45) is 2.74. The van der Waals surface area contributed by atoms with E-state index in [1.165, 1.54) is 7.11 Å². The SMILES string of the molecule is COC(=O)[C@H](Cc1ccccc1)NC(=S)C(C)C(OC)[C@@H]1CCCN1. The molecule has 0 aromatic heterocycles. The number of methoxy groups -OCH3 is 2. The fourth-order valence-corrected chi connectivity index (χ4v) is 3.62. The second-order valence-corrected chi connectivity index (χ2v) is 6.91. The number of carbonyl (C=O) groups is 1. The van der Waals surface area contributed by atoms with Crippen molar-refractivity contribution in [3.05, 3.63) is 35.9 Å². The van der Waals surface area contributed by atoms with Crippen molar-refractivity contribution in [2.75, 3.05) is 20.8 Å². The highest BCUT2D eigenvalue weighted by Gasteiger charge is 2.32. The lowest BCUT2D eigenvalue weighted by Gasteiger charge is -2.30. The number of hydrogen-bond acceptors (Lipinski definition) is 5. The van der Waals surface area contributed by atoms with Crippen molar-refractivity contribution in [2.24, 2.45) is 5.92 Å². The molecule has 1 aromatic carbocycles. The fourth-order valence-electron chi connectivity index (χ4n) is 3.35. The maximum Gasteiger partial charge on any atom is 0.328 e. The first-order chi connectivity index (χ1) is 12.1. The van der Waals surface area contributed by atoms with E-state index in [9.17, 15) is 4.79 Å². The van der Waals surface area contributed by atoms with Gasteiger partial charge in [0.15, 0.2) is 0 Å². The summed E-state index contributed by atoms with van der Waals surface area (Å²) >= 11 is 5.59. The van der Waals surface area contributed by atoms with Crippen LogP contribution in [0, 0.1) is 5.92 Å². The first kappa shape index (κ1) is 19.8. The zero-order chi connectivity index (χ0) is 18.2. The van der Waals surface area contributed by atoms with E-state index in [4.69, 9.17) is 21.7 Å². The Balaban J connectivity index is 2.03. The Kier molecular flexibility index (Phi) is 7.81. The molecule has 1 heterocycles. The third kappa shape index (κ3) is 5.49. The van der Waals surface area contributed by atoms with Gasteiger partial charge >= 0.3 is 5.97 Å². The number of carbonyl (C=O) groups excluding carboxylic acids is 1. The molecule has 0 saturated carbocycles. The second kappa shape index (κ2) is 9.85. The van der Waals surface area contributed by atoms with E-state index in [0.29, 0.717) is 17.5 Å². The number of thiocarbonyl (C=S) groups is 1. The van der Waals surface area contributed by atoms with Crippen LogP contribution in [0.2, 0.25) is 0 Å². The van der Waals surface area contributed by atoms with Gasteiger partial charge in [-0.2, -0.15) is 0 Å². The molecule has 0 radical (unpaired) electrons. The third-order valence-electron chi connectivity index (χ3n) is 4.76. The zero-order valence-electron chi connectivity index (χ0n) is 15.2. The van der Waals surface area contributed by atoms with Crippen molar-refractivity contribution in [1.29, 1.82) is 0 Å². The molecule has 2 unspecified atom stereocenters. The molecular weight excluding hydrogens is 336 g/mol. The van der Waals surface area contributed by atoms with E-state index in [1.807, 2.05) is 37.3 Å². The third-order valence-corrected chi connectivity index (χ3v) is 5.25. The van der Waals surface area contributed by atoms with E-state index in [1.54, 1.807) is 7.11 Å². The molecule has 2 N–H and O–H groups in total. The molecule has 1 aliphatic heterocycles. The minimum absolute atomic E-state index is 0.00136. The molecule has 0 bridgehead atoms. The monoisotopic (exact) mass is 364 g/mol. The van der Waals surface area contributed by atoms with Gasteiger partial charge in [0.2, 0.25) is 0 Å². The Bertz CT molecular complexity index is 561. The molecule has 1 aliphatic rings. The van der Waals surface area contributed by atoms with Crippen molar-refractivity contribution in [1.82, 2.24) is 10.6 Å². The van der Waals surface area contributed by atoms with Gasteiger partial charge in [0.05, 0.1) is 18.2 Å². The Morgan fingerprint density at radius 2 is 2.08 bits per heavy atom. The predicted molar refractivity (Wildman–Crippen MR) is 103 cm³/mol. The van der Waals surface area contributed by atoms with E-state index in [-0.39, 0.29) is 18.0 Å². The topological polar surface area (TPSA) is 59.6 Å². The summed E-state index contributed by atoms with van der Waals surface area (Å²) in [5.74, 6) is -0.315. The van der Waals surface area contributed by atoms with Crippen LogP contribution in [0.5, 0.6) is 0 Å². The molecule has 6 heteroatoms. The molecule has 25 heavy (non-hydrogen) atoms. The van der Waals surface area contributed by atoms with Crippen LogP contribution in [-0.2, 0) is 20.7 Å². The van der Waals surface area contributed by atoms with Crippen LogP contribution < -0.4 is 10.6 Å². The molecule has 1 fully saturated rings. The highest BCUT2D eigenvalue weighted by Crippen LogP contribution is 2.20. The maximum atomic E-state index is 12.2. The van der Waals surface area contributed by atoms with Gasteiger partial charge in [0.25, 0.3) is 0 Å². The molecule has 2 rings (SSSR count). The molecule has 1 saturated heterocycles. The lowest BCUT2D eigenvalue weighted by molar-refractivity contribution is -0.142. The van der Waals surface area contributed by atoms with E-state index >= 15 is 0 Å². The minimum atomic E-state index is -0.503. The van der Waals surface area contributed by atoms with Crippen LogP contribution in [0.3, 0.4) is 0 Å². The molecule has 1 aromatic rings. The standard InChI is InChI=1S/C19H28N2O3S/c1-13(17(23-2)15-10-7-11-20-15)18(25)21-16(19(22)24-3)12-14-8-5-4-6-9-14/h4-6,8-9,13,15-17,20H,7,10-12H2,1-3H3,(H,21,25)/t13?,15-,16-,17?/m0/s1. The number of ether oxygens (including phenoxy) is 2. The van der Waals surface area contributed by atoms with Gasteiger partial charge in [-0.1, -0.05) is 49.5 Å². The molecule has 0 spiro atoms. The van der Waals surface area contributed by atoms with Crippen molar-refractivity contribution < 1.29 is 14.3 Å². The summed E-state index contributed by atoms with van der Waals surface area (Å²) in [6.45, 7) is 3.05. The Morgan fingerprint density at radius 1 is 1.36 bits per heavy atom. The van der Waals surface area contributed by atoms with Crippen LogP contribution in [0.25, 0.3) is 0 Å². The number of benzene rings is 1. The number of nitrogens with one attached hydrogen (secondary N) is 2.